The maximum atomic E-state index is 11.4. The number of hydrogen-bond donors (Lipinski definition) is 0. The van der Waals surface area contributed by atoms with E-state index in [2.05, 4.69) is 11.0 Å². The molecule has 0 saturated carbocycles. The van der Waals surface area contributed by atoms with E-state index in [0.717, 1.165) is 0 Å². The average molecular weight is 307 g/mol. The van der Waals surface area contributed by atoms with E-state index >= 15 is 0 Å². The molecule has 5 heteroatoms. The number of halogens is 1. The summed E-state index contributed by atoms with van der Waals surface area (Å²) < 4.78 is 26.6. The Bertz CT molecular complexity index is 461. The van der Waals surface area contributed by atoms with Crippen LogP contribution in [0.4, 0.5) is 0 Å². The Morgan fingerprint density at radius 2 is 2.00 bits per heavy atom. The molecule has 3 nitrogen and oxygen atoms in total. The van der Waals surface area contributed by atoms with Gasteiger partial charge < -0.3 is 0 Å². The summed E-state index contributed by atoms with van der Waals surface area (Å²) in [6.45, 7) is 3.13. The van der Waals surface area contributed by atoms with Crippen molar-refractivity contribution in [2.24, 2.45) is 4.40 Å². The molecule has 13 heavy (non-hydrogen) atoms. The van der Waals surface area contributed by atoms with Crippen LogP contribution in [0.1, 0.15) is 0 Å². The predicted octanol–water partition coefficient (Wildman–Crippen LogP) is 1.84. The molecule has 0 aromatic heterocycles. The van der Waals surface area contributed by atoms with Crippen LogP contribution in [0, 0.1) is 3.57 Å². The summed E-state index contributed by atoms with van der Waals surface area (Å²) in [7, 11) is -3.60. The molecule has 1 rings (SSSR count). The minimum absolute atomic E-state index is 0.187. The molecule has 1 aromatic carbocycles. The van der Waals surface area contributed by atoms with Gasteiger partial charge in [0.2, 0.25) is 0 Å². The zero-order chi connectivity index (χ0) is 9.90. The van der Waals surface area contributed by atoms with Gasteiger partial charge in [-0.25, -0.2) is 0 Å². The van der Waals surface area contributed by atoms with Crippen molar-refractivity contribution in [3.05, 3.63) is 34.4 Å². The third kappa shape index (κ3) is 2.40. The summed E-state index contributed by atoms with van der Waals surface area (Å²) in [5.74, 6) is 2.02. The van der Waals surface area contributed by atoms with Crippen molar-refractivity contribution < 1.29 is 8.42 Å². The van der Waals surface area contributed by atoms with Gasteiger partial charge in [-0.2, -0.15) is 8.42 Å². The van der Waals surface area contributed by atoms with Crippen LogP contribution in [0.5, 0.6) is 0 Å². The van der Waals surface area contributed by atoms with E-state index in [9.17, 15) is 8.42 Å². The molecular formula is C8H6INO2S. The molecule has 68 valence electrons. The first-order chi connectivity index (χ1) is 6.08. The van der Waals surface area contributed by atoms with Gasteiger partial charge in [0.1, 0.15) is 4.90 Å². The highest BCUT2D eigenvalue weighted by Crippen LogP contribution is 2.18. The quantitative estimate of drug-likeness (QED) is 0.618. The summed E-state index contributed by atoms with van der Waals surface area (Å²) in [5.41, 5.74) is 0. The molecule has 0 N–H and O–H groups in total. The lowest BCUT2D eigenvalue weighted by Crippen LogP contribution is -1.98. The second-order valence-corrected chi connectivity index (χ2v) is 4.89. The molecule has 0 unspecified atom stereocenters. The van der Waals surface area contributed by atoms with Crippen molar-refractivity contribution in [2.45, 2.75) is 4.90 Å². The van der Waals surface area contributed by atoms with Crippen LogP contribution in [0.15, 0.2) is 40.1 Å². The Balaban J connectivity index is 3.39. The van der Waals surface area contributed by atoms with Crippen molar-refractivity contribution in [2.75, 3.05) is 0 Å². The highest BCUT2D eigenvalue weighted by atomic mass is 127. The third-order valence-corrected chi connectivity index (χ3v) is 3.89. The van der Waals surface area contributed by atoms with Crippen LogP contribution in [-0.4, -0.2) is 14.3 Å². The molecule has 0 heterocycles. The molecular weight excluding hydrogens is 301 g/mol. The van der Waals surface area contributed by atoms with Gasteiger partial charge in [0.25, 0.3) is 10.0 Å². The highest BCUT2D eigenvalue weighted by molar-refractivity contribution is 14.1. The maximum absolute atomic E-state index is 11.4. The van der Waals surface area contributed by atoms with E-state index in [1.54, 1.807) is 18.2 Å². The maximum Gasteiger partial charge on any atom is 0.290 e. The zero-order valence-corrected chi connectivity index (χ0v) is 9.54. The van der Waals surface area contributed by atoms with E-state index in [1.807, 2.05) is 28.5 Å². The van der Waals surface area contributed by atoms with Crippen LogP contribution >= 0.6 is 22.6 Å². The first-order valence-corrected chi connectivity index (χ1v) is 5.83. The van der Waals surface area contributed by atoms with Gasteiger partial charge in [0, 0.05) is 3.57 Å². The normalized spacial score (nSPS) is 10.5. The van der Waals surface area contributed by atoms with Crippen LogP contribution in [0.3, 0.4) is 0 Å². The molecule has 0 aliphatic rings. The fraction of sp³-hybridized carbons (Fsp3) is 0. The highest BCUT2D eigenvalue weighted by Gasteiger charge is 2.14. The van der Waals surface area contributed by atoms with Gasteiger partial charge in [0.15, 0.2) is 0 Å². The molecule has 0 radical (unpaired) electrons. The Morgan fingerprint density at radius 1 is 1.38 bits per heavy atom. The second kappa shape index (κ2) is 4.04. The summed E-state index contributed by atoms with van der Waals surface area (Å²) >= 11 is 1.94. The van der Waals surface area contributed by atoms with Gasteiger partial charge in [-0.3, -0.25) is 0 Å². The fourth-order valence-corrected chi connectivity index (χ4v) is 2.84. The van der Waals surface area contributed by atoms with E-state index in [1.165, 1.54) is 6.07 Å². The van der Waals surface area contributed by atoms with Crippen LogP contribution in [0.2, 0.25) is 0 Å². The van der Waals surface area contributed by atoms with Gasteiger partial charge in [0.05, 0.1) is 0 Å². The second-order valence-electron chi connectivity index (χ2n) is 2.15. The van der Waals surface area contributed by atoms with Gasteiger partial charge >= 0.3 is 0 Å². The van der Waals surface area contributed by atoms with Gasteiger partial charge in [-0.1, -0.05) is 12.1 Å². The summed E-state index contributed by atoms with van der Waals surface area (Å²) in [4.78, 5) is 0.187. The van der Waals surface area contributed by atoms with Gasteiger partial charge in [-0.15, -0.1) is 4.40 Å². The Morgan fingerprint density at radius 3 is 2.54 bits per heavy atom. The van der Waals surface area contributed by atoms with Crippen molar-refractivity contribution in [1.82, 2.24) is 0 Å². The topological polar surface area (TPSA) is 46.5 Å². The average Bonchev–Trinajstić information content (AvgIpc) is 2.04. The molecule has 1 aromatic rings. The smallest absolute Gasteiger partial charge is 0.199 e. The van der Waals surface area contributed by atoms with Crippen molar-refractivity contribution in [3.63, 3.8) is 0 Å². The van der Waals surface area contributed by atoms with Gasteiger partial charge in [-0.05, 0) is 47.2 Å². The van der Waals surface area contributed by atoms with Crippen molar-refractivity contribution >= 4 is 38.5 Å². The third-order valence-electron chi connectivity index (χ3n) is 1.30. The monoisotopic (exact) mass is 307 g/mol. The molecule has 0 amide bonds. The van der Waals surface area contributed by atoms with E-state index in [4.69, 9.17) is 0 Å². The van der Waals surface area contributed by atoms with Crippen LogP contribution in [0.25, 0.3) is 0 Å². The summed E-state index contributed by atoms with van der Waals surface area (Å²) in [6.07, 6.45) is 0. The van der Waals surface area contributed by atoms with Crippen LogP contribution < -0.4 is 0 Å². The lowest BCUT2D eigenvalue weighted by atomic mass is 10.4. The Labute approximate surface area is 90.4 Å². The number of benzene rings is 1. The lowest BCUT2D eigenvalue weighted by Gasteiger charge is -1.98. The van der Waals surface area contributed by atoms with Crippen LogP contribution in [-0.2, 0) is 10.0 Å². The molecule has 0 spiro atoms. The van der Waals surface area contributed by atoms with E-state index in [0.29, 0.717) is 3.57 Å². The summed E-state index contributed by atoms with van der Waals surface area (Å²) in [6, 6.07) is 6.61. The first kappa shape index (κ1) is 10.4. The molecule has 0 atom stereocenters. The Kier molecular flexibility index (Phi) is 3.24. The number of rotatable bonds is 2. The first-order valence-electron chi connectivity index (χ1n) is 3.31. The molecule has 0 fully saturated rings. The largest absolute Gasteiger partial charge is 0.290 e. The SMILES string of the molecule is C=C=NS(=O)(=O)c1ccccc1I. The van der Waals surface area contributed by atoms with E-state index in [-0.39, 0.29) is 4.90 Å². The molecule has 0 bridgehead atoms. The Hall–Kier alpha value is -0.650. The number of nitrogens with zero attached hydrogens (tertiary/aromatic N) is 1. The summed E-state index contributed by atoms with van der Waals surface area (Å²) in [5, 5.41) is 0. The van der Waals surface area contributed by atoms with E-state index < -0.39 is 10.0 Å². The standard InChI is InChI=1S/C8H6INO2S/c1-2-10-13(11,12)8-6-4-3-5-7(8)9/h3-6H,1H2. The van der Waals surface area contributed by atoms with Crippen molar-refractivity contribution in [1.29, 1.82) is 0 Å². The number of sulfonamides is 1. The minimum Gasteiger partial charge on any atom is -0.199 e. The minimum atomic E-state index is -3.60. The molecule has 0 saturated heterocycles. The zero-order valence-electron chi connectivity index (χ0n) is 6.57. The lowest BCUT2D eigenvalue weighted by molar-refractivity contribution is 0.598. The fourth-order valence-electron chi connectivity index (χ4n) is 0.788. The number of hydrogen-bond acceptors (Lipinski definition) is 2. The molecule has 0 aliphatic heterocycles. The predicted molar refractivity (Wildman–Crippen MR) is 59.4 cm³/mol. The molecule has 0 aliphatic carbocycles. The van der Waals surface area contributed by atoms with Crippen molar-refractivity contribution in [3.8, 4) is 0 Å².